The van der Waals surface area contributed by atoms with Crippen molar-refractivity contribution in [1.82, 2.24) is 14.7 Å². The lowest BCUT2D eigenvalue weighted by atomic mass is 9.93. The van der Waals surface area contributed by atoms with Crippen molar-refractivity contribution in [3.8, 4) is 0 Å². The number of benzene rings is 2. The first kappa shape index (κ1) is 30.0. The first-order valence-corrected chi connectivity index (χ1v) is 13.0. The fraction of sp³-hybridized carbons (Fsp3) is 0.500. The highest BCUT2D eigenvalue weighted by atomic mass is 19.4. The van der Waals surface area contributed by atoms with Gasteiger partial charge in [-0.1, -0.05) is 12.1 Å². The minimum atomic E-state index is -5.07. The Morgan fingerprint density at radius 3 is 2.02 bits per heavy atom. The highest BCUT2D eigenvalue weighted by Gasteiger charge is 2.38. The third-order valence-corrected chi connectivity index (χ3v) is 7.62. The van der Waals surface area contributed by atoms with Crippen LogP contribution in [0.25, 0.3) is 0 Å². The Labute approximate surface area is 227 Å². The lowest BCUT2D eigenvalue weighted by molar-refractivity contribution is -0.143. The molecule has 0 saturated carbocycles. The second-order valence-electron chi connectivity index (χ2n) is 10.5. The topological polar surface area (TPSA) is 43.9 Å². The Balaban J connectivity index is 1.45. The standard InChI is InChI=1S/C28H30F7N3O2/c1-36(26(40)20-12-21(27(30,31)32)14-22(13-20)28(33,34)35)15-19(18-2-4-23(29)5-3-18)6-9-37-16-24(17-37)38-10-7-25(39)8-11-38/h2-5,12-14,19,24H,6-11,15-17H2,1H3. The molecule has 218 valence electrons. The van der Waals surface area contributed by atoms with Crippen LogP contribution in [0.3, 0.4) is 0 Å². The predicted molar refractivity (Wildman–Crippen MR) is 133 cm³/mol. The molecule has 2 aliphatic heterocycles. The largest absolute Gasteiger partial charge is 0.416 e. The number of nitrogens with zero attached hydrogens (tertiary/aromatic N) is 3. The van der Waals surface area contributed by atoms with E-state index >= 15 is 0 Å². The molecule has 2 heterocycles. The number of halogens is 7. The van der Waals surface area contributed by atoms with Crippen LogP contribution in [0.4, 0.5) is 30.7 Å². The summed E-state index contributed by atoms with van der Waals surface area (Å²) in [5.74, 6) is -1.50. The number of amides is 1. The van der Waals surface area contributed by atoms with E-state index < -0.39 is 40.8 Å². The van der Waals surface area contributed by atoms with E-state index in [9.17, 15) is 40.3 Å². The van der Waals surface area contributed by atoms with E-state index in [1.807, 2.05) is 0 Å². The molecule has 1 unspecified atom stereocenters. The fourth-order valence-electron chi connectivity index (χ4n) is 5.24. The van der Waals surface area contributed by atoms with Crippen molar-refractivity contribution in [2.45, 2.75) is 43.6 Å². The molecule has 5 nitrogen and oxygen atoms in total. The van der Waals surface area contributed by atoms with Gasteiger partial charge < -0.3 is 9.80 Å². The first-order chi connectivity index (χ1) is 18.7. The Morgan fingerprint density at radius 2 is 1.50 bits per heavy atom. The van der Waals surface area contributed by atoms with E-state index in [0.717, 1.165) is 31.1 Å². The number of likely N-dealkylation sites (N-methyl/N-ethyl adjacent to an activating group) is 1. The molecule has 2 saturated heterocycles. The smallest absolute Gasteiger partial charge is 0.341 e. The summed E-state index contributed by atoms with van der Waals surface area (Å²) in [7, 11) is 1.32. The van der Waals surface area contributed by atoms with Gasteiger partial charge in [0, 0.05) is 70.1 Å². The number of likely N-dealkylation sites (tertiary alicyclic amines) is 2. The van der Waals surface area contributed by atoms with E-state index in [1.165, 1.54) is 19.2 Å². The fourth-order valence-corrected chi connectivity index (χ4v) is 5.24. The van der Waals surface area contributed by atoms with Crippen LogP contribution in [0.15, 0.2) is 42.5 Å². The highest BCUT2D eigenvalue weighted by Crippen LogP contribution is 2.36. The van der Waals surface area contributed by atoms with Crippen molar-refractivity contribution < 1.29 is 40.3 Å². The van der Waals surface area contributed by atoms with Gasteiger partial charge in [-0.15, -0.1) is 0 Å². The van der Waals surface area contributed by atoms with Crippen LogP contribution in [0.1, 0.15) is 52.2 Å². The molecule has 0 spiro atoms. The molecule has 0 radical (unpaired) electrons. The van der Waals surface area contributed by atoms with Crippen molar-refractivity contribution in [1.29, 1.82) is 0 Å². The van der Waals surface area contributed by atoms with Crippen LogP contribution < -0.4 is 0 Å². The van der Waals surface area contributed by atoms with Crippen LogP contribution in [0.2, 0.25) is 0 Å². The van der Waals surface area contributed by atoms with Gasteiger partial charge in [0.2, 0.25) is 0 Å². The van der Waals surface area contributed by atoms with Crippen molar-refractivity contribution >= 4 is 11.7 Å². The number of alkyl halides is 6. The molecule has 2 fully saturated rings. The molecule has 12 heteroatoms. The maximum Gasteiger partial charge on any atom is 0.416 e. The number of carbonyl (C=O) groups excluding carboxylic acids is 2. The number of ketones is 1. The minimum Gasteiger partial charge on any atom is -0.341 e. The molecule has 1 amide bonds. The van der Waals surface area contributed by atoms with E-state index in [2.05, 4.69) is 9.80 Å². The molecule has 0 N–H and O–H groups in total. The van der Waals surface area contributed by atoms with Gasteiger partial charge in [-0.05, 0) is 48.9 Å². The third kappa shape index (κ3) is 7.39. The van der Waals surface area contributed by atoms with Crippen LogP contribution in [-0.2, 0) is 17.1 Å². The van der Waals surface area contributed by atoms with E-state index in [4.69, 9.17) is 0 Å². The van der Waals surface area contributed by atoms with Crippen LogP contribution >= 0.6 is 0 Å². The Kier molecular flexibility index (Phi) is 8.89. The summed E-state index contributed by atoms with van der Waals surface area (Å²) in [5, 5.41) is 0. The summed E-state index contributed by atoms with van der Waals surface area (Å²) in [4.78, 5) is 30.2. The van der Waals surface area contributed by atoms with Gasteiger partial charge in [0.15, 0.2) is 0 Å². The monoisotopic (exact) mass is 573 g/mol. The van der Waals surface area contributed by atoms with Crippen molar-refractivity contribution in [2.75, 3.05) is 46.3 Å². The van der Waals surface area contributed by atoms with Gasteiger partial charge in [-0.3, -0.25) is 14.5 Å². The van der Waals surface area contributed by atoms with Crippen LogP contribution in [0, 0.1) is 5.82 Å². The van der Waals surface area contributed by atoms with Crippen molar-refractivity contribution in [3.05, 3.63) is 70.5 Å². The molecule has 0 aromatic heterocycles. The van der Waals surface area contributed by atoms with Gasteiger partial charge in [-0.25, -0.2) is 4.39 Å². The summed E-state index contributed by atoms with van der Waals surface area (Å²) >= 11 is 0. The molecule has 40 heavy (non-hydrogen) atoms. The Morgan fingerprint density at radius 1 is 0.950 bits per heavy atom. The molecule has 2 aliphatic rings. The zero-order valence-corrected chi connectivity index (χ0v) is 21.9. The normalized spacial score (nSPS) is 18.4. The average molecular weight is 574 g/mol. The lowest BCUT2D eigenvalue weighted by Gasteiger charge is -2.47. The maximum atomic E-state index is 13.6. The molecular formula is C28H30F7N3O2. The molecular weight excluding hydrogens is 543 g/mol. The maximum absolute atomic E-state index is 13.6. The van der Waals surface area contributed by atoms with Gasteiger partial charge in [0.1, 0.15) is 11.6 Å². The van der Waals surface area contributed by atoms with Gasteiger partial charge in [0.05, 0.1) is 11.1 Å². The van der Waals surface area contributed by atoms with Crippen LogP contribution in [-0.4, -0.2) is 78.7 Å². The van der Waals surface area contributed by atoms with Crippen molar-refractivity contribution in [3.63, 3.8) is 0 Å². The van der Waals surface area contributed by atoms with E-state index in [0.29, 0.717) is 49.5 Å². The van der Waals surface area contributed by atoms with E-state index in [1.54, 1.807) is 12.1 Å². The number of piperidine rings is 1. The van der Waals surface area contributed by atoms with Crippen LogP contribution in [0.5, 0.6) is 0 Å². The van der Waals surface area contributed by atoms with Gasteiger partial charge in [-0.2, -0.15) is 26.3 Å². The minimum absolute atomic E-state index is 0.00751. The van der Waals surface area contributed by atoms with E-state index in [-0.39, 0.29) is 24.3 Å². The summed E-state index contributed by atoms with van der Waals surface area (Å²) < 4.78 is 93.4. The summed E-state index contributed by atoms with van der Waals surface area (Å²) in [6, 6.07) is 6.85. The second-order valence-corrected chi connectivity index (χ2v) is 10.5. The lowest BCUT2D eigenvalue weighted by Crippen LogP contribution is -2.60. The van der Waals surface area contributed by atoms with Crippen molar-refractivity contribution in [2.24, 2.45) is 0 Å². The molecule has 4 rings (SSSR count). The molecule has 0 bridgehead atoms. The third-order valence-electron chi connectivity index (χ3n) is 7.62. The Bertz CT molecular complexity index is 1170. The number of hydrogen-bond donors (Lipinski definition) is 0. The quantitative estimate of drug-likeness (QED) is 0.394. The SMILES string of the molecule is CN(CC(CCN1CC(N2CCC(=O)CC2)C1)c1ccc(F)cc1)C(=O)c1cc(C(F)(F)F)cc(C(F)(F)F)c1. The summed E-state index contributed by atoms with van der Waals surface area (Å²) in [5.41, 5.74) is -3.13. The number of rotatable bonds is 8. The second kappa shape index (κ2) is 11.9. The molecule has 2 aromatic carbocycles. The zero-order chi connectivity index (χ0) is 29.2. The van der Waals surface area contributed by atoms with Gasteiger partial charge in [0.25, 0.3) is 5.91 Å². The highest BCUT2D eigenvalue weighted by molar-refractivity contribution is 5.94. The number of carbonyl (C=O) groups is 2. The molecule has 2 aromatic rings. The zero-order valence-electron chi connectivity index (χ0n) is 21.9. The average Bonchev–Trinajstić information content (AvgIpc) is 2.86. The predicted octanol–water partition coefficient (Wildman–Crippen LogP) is 5.46. The number of hydrogen-bond acceptors (Lipinski definition) is 4. The first-order valence-electron chi connectivity index (χ1n) is 13.0. The molecule has 0 aliphatic carbocycles. The molecule has 1 atom stereocenters. The van der Waals surface area contributed by atoms with Gasteiger partial charge >= 0.3 is 12.4 Å². The number of Topliss-reactive ketones (excluding diaryl/α,β-unsaturated/α-hetero) is 1. The Hall–Kier alpha value is -2.99. The summed E-state index contributed by atoms with van der Waals surface area (Å²) in [6.45, 7) is 3.75. The summed E-state index contributed by atoms with van der Waals surface area (Å²) in [6.07, 6.45) is -8.49.